The number of rotatable bonds is 11. The van der Waals surface area contributed by atoms with Gasteiger partial charge < -0.3 is 14.5 Å². The molecule has 48 heavy (non-hydrogen) atoms. The first-order chi connectivity index (χ1) is 23.0. The molecule has 0 spiro atoms. The van der Waals surface area contributed by atoms with Crippen LogP contribution < -0.4 is 0 Å². The second-order valence-corrected chi connectivity index (χ2v) is 18.5. The molecular weight excluding hydrogens is 594 g/mol. The Hall–Kier alpha value is -0.320. The average molecular weight is 672 g/mol. The van der Waals surface area contributed by atoms with Crippen molar-refractivity contribution in [3.63, 3.8) is 0 Å². The smallest absolute Gasteiger partial charge is 0.0594 e. The fourth-order valence-electron chi connectivity index (χ4n) is 11.0. The van der Waals surface area contributed by atoms with Crippen LogP contribution in [0.3, 0.4) is 0 Å². The summed E-state index contributed by atoms with van der Waals surface area (Å²) in [6.07, 6.45) is 16.2. The van der Waals surface area contributed by atoms with E-state index in [-0.39, 0.29) is 16.6 Å². The molecule has 0 bridgehead atoms. The van der Waals surface area contributed by atoms with E-state index in [0.29, 0.717) is 0 Å². The Morgan fingerprint density at radius 1 is 0.458 bits per heavy atom. The second-order valence-electron chi connectivity index (χ2n) is 18.5. The van der Waals surface area contributed by atoms with E-state index >= 15 is 0 Å². The summed E-state index contributed by atoms with van der Waals surface area (Å²) in [7, 11) is 2.28. The van der Waals surface area contributed by atoms with Crippen molar-refractivity contribution in [3.05, 3.63) is 0 Å². The number of ether oxygens (including phenoxy) is 1. The van der Waals surface area contributed by atoms with Gasteiger partial charge in [-0.1, -0.05) is 6.42 Å². The predicted octanol–water partition coefficient (Wildman–Crippen LogP) is 4.93. The van der Waals surface area contributed by atoms with E-state index in [2.05, 4.69) is 76.0 Å². The maximum absolute atomic E-state index is 5.71. The Balaban J connectivity index is 1.08. The molecule has 6 aliphatic heterocycles. The van der Waals surface area contributed by atoms with Crippen LogP contribution in [0, 0.1) is 0 Å². The Bertz CT molecular complexity index is 949. The molecule has 0 aromatic heterocycles. The third-order valence-corrected chi connectivity index (χ3v) is 14.5. The summed E-state index contributed by atoms with van der Waals surface area (Å²) in [6.45, 7) is 32.4. The van der Waals surface area contributed by atoms with Gasteiger partial charge in [0.2, 0.25) is 0 Å². The number of likely N-dealkylation sites (tertiary alicyclic amines) is 4. The van der Waals surface area contributed by atoms with Crippen molar-refractivity contribution in [2.24, 2.45) is 0 Å². The molecular formula is C40H77N7O. The van der Waals surface area contributed by atoms with Crippen molar-refractivity contribution < 1.29 is 4.74 Å². The molecule has 6 saturated heterocycles. The summed E-state index contributed by atoms with van der Waals surface area (Å²) in [6, 6.07) is 2.36. The van der Waals surface area contributed by atoms with Crippen molar-refractivity contribution in [2.75, 3.05) is 112 Å². The van der Waals surface area contributed by atoms with Crippen LogP contribution >= 0.6 is 0 Å². The Morgan fingerprint density at radius 2 is 0.896 bits per heavy atom. The number of likely N-dealkylation sites (N-methyl/N-ethyl adjacent to an activating group) is 1. The zero-order valence-electron chi connectivity index (χ0n) is 32.6. The van der Waals surface area contributed by atoms with E-state index in [0.717, 1.165) is 44.4 Å². The molecule has 1 atom stereocenters. The number of hydrogen-bond acceptors (Lipinski definition) is 8. The van der Waals surface area contributed by atoms with Crippen molar-refractivity contribution >= 4 is 0 Å². The summed E-state index contributed by atoms with van der Waals surface area (Å²) in [5, 5.41) is 0. The lowest BCUT2D eigenvalue weighted by molar-refractivity contribution is -0.0425. The molecule has 0 radical (unpaired) electrons. The fourth-order valence-corrected chi connectivity index (χ4v) is 11.0. The van der Waals surface area contributed by atoms with Gasteiger partial charge in [-0.2, -0.15) is 0 Å². The van der Waals surface area contributed by atoms with Crippen molar-refractivity contribution in [1.82, 2.24) is 34.3 Å². The molecule has 8 nitrogen and oxygen atoms in total. The molecule has 0 amide bonds. The Kier molecular flexibility index (Phi) is 12.9. The van der Waals surface area contributed by atoms with Crippen molar-refractivity contribution in [3.8, 4) is 0 Å². The van der Waals surface area contributed by atoms with E-state index in [1.807, 2.05) is 0 Å². The summed E-state index contributed by atoms with van der Waals surface area (Å²) in [5.41, 5.74) is 0.684. The maximum Gasteiger partial charge on any atom is 0.0594 e. The van der Waals surface area contributed by atoms with Gasteiger partial charge in [0, 0.05) is 113 Å². The highest BCUT2D eigenvalue weighted by molar-refractivity contribution is 5.01. The first-order valence-corrected chi connectivity index (χ1v) is 20.8. The molecule has 6 fully saturated rings. The number of piperazine rings is 1. The van der Waals surface area contributed by atoms with E-state index in [9.17, 15) is 0 Å². The molecule has 0 aromatic rings. The summed E-state index contributed by atoms with van der Waals surface area (Å²) >= 11 is 0. The van der Waals surface area contributed by atoms with Gasteiger partial charge in [-0.15, -0.1) is 0 Å². The highest BCUT2D eigenvalue weighted by Crippen LogP contribution is 2.40. The number of morpholine rings is 1. The largest absolute Gasteiger partial charge is 0.379 e. The minimum Gasteiger partial charge on any atom is -0.379 e. The number of hydrogen-bond donors (Lipinski definition) is 0. The van der Waals surface area contributed by atoms with Crippen LogP contribution in [0.5, 0.6) is 0 Å². The number of nitrogens with zero attached hydrogens (tertiary/aromatic N) is 7. The Labute approximate surface area is 296 Å². The van der Waals surface area contributed by atoms with E-state index in [4.69, 9.17) is 4.74 Å². The lowest BCUT2D eigenvalue weighted by atomic mass is 9.76. The third-order valence-electron chi connectivity index (χ3n) is 14.5. The normalized spacial score (nSPS) is 29.4. The standard InChI is InChI=1S/C40H77N7O/c1-38(2,45-20-10-36(11-21-45)43-28-26-41(6)27-29-43)16-17-40(5,47-24-14-37(15-25-47)44-30-32-48-33-31-44)34-39(3,4)46-22-12-35(13-23-46)42-18-8-7-9-19-42/h35-37H,7-34H2,1-6H3. The highest BCUT2D eigenvalue weighted by Gasteiger charge is 2.44. The molecule has 6 heterocycles. The molecule has 0 saturated carbocycles. The lowest BCUT2D eigenvalue weighted by Crippen LogP contribution is -2.61. The van der Waals surface area contributed by atoms with E-state index in [1.54, 1.807) is 0 Å². The number of piperidine rings is 4. The molecule has 0 aliphatic carbocycles. The summed E-state index contributed by atoms with van der Waals surface area (Å²) < 4.78 is 5.71. The van der Waals surface area contributed by atoms with E-state index in [1.165, 1.54) is 156 Å². The first-order valence-electron chi connectivity index (χ1n) is 20.8. The molecule has 8 heteroatoms. The van der Waals surface area contributed by atoms with Gasteiger partial charge in [-0.3, -0.25) is 24.5 Å². The van der Waals surface area contributed by atoms with Crippen LogP contribution in [0.4, 0.5) is 0 Å². The zero-order valence-corrected chi connectivity index (χ0v) is 32.6. The van der Waals surface area contributed by atoms with Crippen LogP contribution in [0.1, 0.15) is 112 Å². The van der Waals surface area contributed by atoms with Crippen LogP contribution in [0.15, 0.2) is 0 Å². The molecule has 1 unspecified atom stereocenters. The minimum atomic E-state index is 0.216. The maximum atomic E-state index is 5.71. The van der Waals surface area contributed by atoms with Gasteiger partial charge >= 0.3 is 0 Å². The second kappa shape index (κ2) is 16.6. The van der Waals surface area contributed by atoms with Crippen molar-refractivity contribution in [1.29, 1.82) is 0 Å². The van der Waals surface area contributed by atoms with E-state index < -0.39 is 0 Å². The topological polar surface area (TPSA) is 31.9 Å². The molecule has 0 N–H and O–H groups in total. The monoisotopic (exact) mass is 672 g/mol. The fraction of sp³-hybridized carbons (Fsp3) is 1.00. The lowest BCUT2D eigenvalue weighted by Gasteiger charge is -2.54. The summed E-state index contributed by atoms with van der Waals surface area (Å²) in [4.78, 5) is 19.6. The predicted molar refractivity (Wildman–Crippen MR) is 201 cm³/mol. The summed E-state index contributed by atoms with van der Waals surface area (Å²) in [5.74, 6) is 0. The van der Waals surface area contributed by atoms with Gasteiger partial charge in [0.05, 0.1) is 13.2 Å². The SMILES string of the molecule is CN1CCN(C2CCN(C(C)(C)CCC(C)(CC(C)(C)N3CCC(N4CCCCC4)CC3)N3CCC(N4CCOCC4)CC3)CC2)CC1. The minimum absolute atomic E-state index is 0.216. The van der Waals surface area contributed by atoms with Gasteiger partial charge in [0.15, 0.2) is 0 Å². The van der Waals surface area contributed by atoms with Crippen LogP contribution in [-0.4, -0.2) is 181 Å². The van der Waals surface area contributed by atoms with Crippen molar-refractivity contribution in [2.45, 2.75) is 146 Å². The first kappa shape index (κ1) is 37.4. The molecule has 0 aromatic carbocycles. The quantitative estimate of drug-likeness (QED) is 0.306. The molecule has 6 rings (SSSR count). The average Bonchev–Trinajstić information content (AvgIpc) is 3.12. The zero-order chi connectivity index (χ0) is 33.8. The van der Waals surface area contributed by atoms with Gasteiger partial charge in [-0.25, -0.2) is 0 Å². The third kappa shape index (κ3) is 9.36. The highest BCUT2D eigenvalue weighted by atomic mass is 16.5. The van der Waals surface area contributed by atoms with Gasteiger partial charge in [0.25, 0.3) is 0 Å². The van der Waals surface area contributed by atoms with Crippen LogP contribution in [0.25, 0.3) is 0 Å². The van der Waals surface area contributed by atoms with Gasteiger partial charge in [-0.05, 0) is 125 Å². The van der Waals surface area contributed by atoms with Crippen LogP contribution in [-0.2, 0) is 4.74 Å². The van der Waals surface area contributed by atoms with Crippen LogP contribution in [0.2, 0.25) is 0 Å². The van der Waals surface area contributed by atoms with Gasteiger partial charge in [0.1, 0.15) is 0 Å². The Morgan fingerprint density at radius 3 is 1.42 bits per heavy atom. The molecule has 278 valence electrons. The molecule has 6 aliphatic rings.